The van der Waals surface area contributed by atoms with Crippen molar-refractivity contribution in [1.29, 1.82) is 0 Å². The summed E-state index contributed by atoms with van der Waals surface area (Å²) in [5.41, 5.74) is 0.655. The molecule has 18 heavy (non-hydrogen) atoms. The molecule has 2 aromatic rings. The number of aromatic nitrogens is 2. The Morgan fingerprint density at radius 2 is 2.00 bits per heavy atom. The van der Waals surface area contributed by atoms with Crippen LogP contribution in [0.1, 0.15) is 31.7 Å². The molecule has 0 aliphatic heterocycles. The predicted octanol–water partition coefficient (Wildman–Crippen LogP) is 3.82. The van der Waals surface area contributed by atoms with Crippen molar-refractivity contribution in [2.75, 3.05) is 0 Å². The largest absolute Gasteiger partial charge is 0.328 e. The number of rotatable bonds is 5. The molecular formula is C13H13F2N2O. The number of benzene rings is 1. The Morgan fingerprint density at radius 1 is 1.28 bits per heavy atom. The van der Waals surface area contributed by atoms with Crippen LogP contribution in [0.25, 0.3) is 11.4 Å². The van der Waals surface area contributed by atoms with Crippen LogP contribution in [0, 0.1) is 6.39 Å². The van der Waals surface area contributed by atoms with Gasteiger partial charge in [-0.25, -0.2) is 8.78 Å². The molecule has 0 atom stereocenters. The Kier molecular flexibility index (Phi) is 3.69. The van der Waals surface area contributed by atoms with Gasteiger partial charge in [-0.15, -0.1) is 0 Å². The molecule has 1 radical (unpaired) electrons. The molecule has 0 N–H and O–H groups in total. The summed E-state index contributed by atoms with van der Waals surface area (Å²) < 4.78 is 32.0. The van der Waals surface area contributed by atoms with Crippen molar-refractivity contribution in [2.45, 2.75) is 32.1 Å². The molecule has 0 unspecified atom stereocenters. The van der Waals surface area contributed by atoms with E-state index in [4.69, 9.17) is 0 Å². The van der Waals surface area contributed by atoms with E-state index < -0.39 is 5.92 Å². The van der Waals surface area contributed by atoms with Crippen molar-refractivity contribution in [1.82, 2.24) is 10.1 Å². The SMILES string of the molecule is CCCCC(F)(F)c1ccc(-c2n[c]on2)cc1. The van der Waals surface area contributed by atoms with E-state index in [1.165, 1.54) is 12.1 Å². The topological polar surface area (TPSA) is 38.9 Å². The third-order valence-electron chi connectivity index (χ3n) is 2.73. The molecule has 0 aliphatic rings. The molecule has 0 saturated carbocycles. The highest BCUT2D eigenvalue weighted by atomic mass is 19.3. The first kappa shape index (κ1) is 12.7. The monoisotopic (exact) mass is 251 g/mol. The molecule has 0 bridgehead atoms. The quantitative estimate of drug-likeness (QED) is 0.810. The van der Waals surface area contributed by atoms with Crippen LogP contribution in [-0.4, -0.2) is 10.1 Å². The first-order chi connectivity index (χ1) is 8.63. The van der Waals surface area contributed by atoms with E-state index in [1.54, 1.807) is 12.1 Å². The Hall–Kier alpha value is -1.78. The van der Waals surface area contributed by atoms with E-state index in [2.05, 4.69) is 21.1 Å². The Balaban J connectivity index is 2.17. The van der Waals surface area contributed by atoms with Crippen molar-refractivity contribution in [3.05, 3.63) is 36.2 Å². The lowest BCUT2D eigenvalue weighted by Crippen LogP contribution is -2.12. The van der Waals surface area contributed by atoms with Crippen molar-refractivity contribution in [3.8, 4) is 11.4 Å². The summed E-state index contributed by atoms with van der Waals surface area (Å²) in [7, 11) is 0. The number of alkyl halides is 2. The Bertz CT molecular complexity index is 480. The van der Waals surface area contributed by atoms with Crippen LogP contribution in [0.2, 0.25) is 0 Å². The van der Waals surface area contributed by atoms with Gasteiger partial charge in [0.15, 0.2) is 0 Å². The lowest BCUT2D eigenvalue weighted by molar-refractivity contribution is -0.0154. The van der Waals surface area contributed by atoms with Gasteiger partial charge in [-0.1, -0.05) is 42.8 Å². The maximum Gasteiger partial charge on any atom is 0.316 e. The van der Waals surface area contributed by atoms with Gasteiger partial charge in [0.2, 0.25) is 5.82 Å². The maximum atomic E-state index is 13.8. The summed E-state index contributed by atoms with van der Waals surface area (Å²) in [4.78, 5) is 3.74. The fourth-order valence-corrected chi connectivity index (χ4v) is 1.67. The summed E-state index contributed by atoms with van der Waals surface area (Å²) in [6.45, 7) is 1.89. The second-order valence-corrected chi connectivity index (χ2v) is 4.09. The van der Waals surface area contributed by atoms with Gasteiger partial charge in [-0.2, -0.15) is 4.98 Å². The number of hydrogen-bond acceptors (Lipinski definition) is 3. The highest BCUT2D eigenvalue weighted by Crippen LogP contribution is 2.34. The average Bonchev–Trinajstić information content (AvgIpc) is 2.90. The van der Waals surface area contributed by atoms with Gasteiger partial charge in [0.05, 0.1) is 0 Å². The minimum absolute atomic E-state index is 0.0205. The molecule has 5 heteroatoms. The minimum Gasteiger partial charge on any atom is -0.328 e. The average molecular weight is 251 g/mol. The standard InChI is InChI=1S/C13H13F2N2O/c1-2-3-8-13(14,15)11-6-4-10(5-7-11)12-16-9-18-17-12/h4-7H,2-3,8H2,1H3. The van der Waals surface area contributed by atoms with Crippen LogP contribution in [0.5, 0.6) is 0 Å². The summed E-state index contributed by atoms with van der Waals surface area (Å²) in [5, 5.41) is 3.60. The van der Waals surface area contributed by atoms with Gasteiger partial charge in [0, 0.05) is 17.5 Å². The van der Waals surface area contributed by atoms with Crippen molar-refractivity contribution < 1.29 is 13.3 Å². The molecule has 0 saturated heterocycles. The zero-order valence-electron chi connectivity index (χ0n) is 9.99. The van der Waals surface area contributed by atoms with Gasteiger partial charge in [0.25, 0.3) is 5.92 Å². The van der Waals surface area contributed by atoms with E-state index >= 15 is 0 Å². The Labute approximate surface area is 104 Å². The molecule has 0 aliphatic carbocycles. The smallest absolute Gasteiger partial charge is 0.316 e. The summed E-state index contributed by atoms with van der Waals surface area (Å²) >= 11 is 0. The molecule has 0 amide bonds. The van der Waals surface area contributed by atoms with Crippen LogP contribution >= 0.6 is 0 Å². The highest BCUT2D eigenvalue weighted by molar-refractivity contribution is 5.54. The van der Waals surface area contributed by atoms with E-state index in [0.29, 0.717) is 17.8 Å². The van der Waals surface area contributed by atoms with Gasteiger partial charge < -0.3 is 4.52 Å². The van der Waals surface area contributed by atoms with Crippen molar-refractivity contribution in [2.24, 2.45) is 0 Å². The van der Waals surface area contributed by atoms with Crippen molar-refractivity contribution in [3.63, 3.8) is 0 Å². The molecule has 1 heterocycles. The molecule has 95 valence electrons. The highest BCUT2D eigenvalue weighted by Gasteiger charge is 2.30. The minimum atomic E-state index is -2.78. The lowest BCUT2D eigenvalue weighted by Gasteiger charge is -2.16. The fraction of sp³-hybridized carbons (Fsp3) is 0.385. The number of halogens is 2. The lowest BCUT2D eigenvalue weighted by atomic mass is 10.0. The van der Waals surface area contributed by atoms with Crippen molar-refractivity contribution >= 4 is 0 Å². The van der Waals surface area contributed by atoms with Crippen LogP contribution < -0.4 is 0 Å². The van der Waals surface area contributed by atoms with Gasteiger partial charge in [-0.05, 0) is 6.42 Å². The van der Waals surface area contributed by atoms with Crippen LogP contribution in [0.15, 0.2) is 28.8 Å². The van der Waals surface area contributed by atoms with E-state index in [-0.39, 0.29) is 12.0 Å². The summed E-state index contributed by atoms with van der Waals surface area (Å²) in [6.07, 6.45) is 3.36. The first-order valence-corrected chi connectivity index (χ1v) is 5.82. The number of hydrogen-bond donors (Lipinski definition) is 0. The predicted molar refractivity (Wildman–Crippen MR) is 62.0 cm³/mol. The van der Waals surface area contributed by atoms with Crippen LogP contribution in [0.4, 0.5) is 8.78 Å². The first-order valence-electron chi connectivity index (χ1n) is 5.82. The molecule has 1 aromatic heterocycles. The van der Waals surface area contributed by atoms with Gasteiger partial charge in [0.1, 0.15) is 0 Å². The van der Waals surface area contributed by atoms with Crippen LogP contribution in [0.3, 0.4) is 0 Å². The normalized spacial score (nSPS) is 11.7. The molecule has 3 nitrogen and oxygen atoms in total. The maximum absolute atomic E-state index is 13.8. The number of unbranched alkanes of at least 4 members (excludes halogenated alkanes) is 1. The molecule has 0 spiro atoms. The second-order valence-electron chi connectivity index (χ2n) is 4.09. The van der Waals surface area contributed by atoms with E-state index in [1.807, 2.05) is 6.92 Å². The van der Waals surface area contributed by atoms with Crippen LogP contribution in [-0.2, 0) is 5.92 Å². The zero-order valence-corrected chi connectivity index (χ0v) is 9.99. The molecular weight excluding hydrogens is 238 g/mol. The molecule has 2 rings (SSSR count). The summed E-state index contributed by atoms with van der Waals surface area (Å²) in [5.74, 6) is -2.43. The molecule has 1 aromatic carbocycles. The van der Waals surface area contributed by atoms with E-state index in [9.17, 15) is 8.78 Å². The zero-order chi connectivity index (χ0) is 13.0. The van der Waals surface area contributed by atoms with Gasteiger partial charge in [-0.3, -0.25) is 0 Å². The summed E-state index contributed by atoms with van der Waals surface area (Å²) in [6, 6.07) is 5.93. The second kappa shape index (κ2) is 5.25. The van der Waals surface area contributed by atoms with Gasteiger partial charge >= 0.3 is 6.39 Å². The van der Waals surface area contributed by atoms with E-state index in [0.717, 1.165) is 6.42 Å². The number of nitrogens with zero attached hydrogens (tertiary/aromatic N) is 2. The fourth-order valence-electron chi connectivity index (χ4n) is 1.67. The molecule has 0 fully saturated rings. The Morgan fingerprint density at radius 3 is 2.56 bits per heavy atom. The third-order valence-corrected chi connectivity index (χ3v) is 2.73. The third kappa shape index (κ3) is 2.72.